The quantitative estimate of drug-likeness (QED) is 0.888. The minimum absolute atomic E-state index is 0. The van der Waals surface area contributed by atoms with Crippen LogP contribution in [0.1, 0.15) is 30.1 Å². The van der Waals surface area contributed by atoms with Crippen LogP contribution in [-0.4, -0.2) is 42.9 Å². The van der Waals surface area contributed by atoms with Crippen LogP contribution in [0.15, 0.2) is 24.3 Å². The van der Waals surface area contributed by atoms with Crippen LogP contribution in [0.2, 0.25) is 0 Å². The fourth-order valence-electron chi connectivity index (χ4n) is 2.88. The number of hydrogen-bond acceptors (Lipinski definition) is 3. The number of carbonyl (C=O) groups excluding carboxylic acids is 2. The van der Waals surface area contributed by atoms with Gasteiger partial charge in [0.05, 0.1) is 0 Å². The third-order valence-corrected chi connectivity index (χ3v) is 4.45. The molecule has 1 saturated carbocycles. The fraction of sp³-hybridized carbons (Fsp3) is 0.529. The normalized spacial score (nSPS) is 23.4. The van der Waals surface area contributed by atoms with E-state index in [1.165, 1.54) is 0 Å². The predicted octanol–water partition coefficient (Wildman–Crippen LogP) is 2.14. The molecule has 1 aromatic rings. The maximum atomic E-state index is 12.6. The van der Waals surface area contributed by atoms with Gasteiger partial charge in [-0.25, -0.2) is 0 Å². The Labute approximate surface area is 143 Å². The van der Waals surface area contributed by atoms with Crippen LogP contribution in [0.3, 0.4) is 0 Å². The van der Waals surface area contributed by atoms with E-state index >= 15 is 0 Å². The molecule has 2 fully saturated rings. The van der Waals surface area contributed by atoms with Gasteiger partial charge in [0.1, 0.15) is 0 Å². The molecule has 2 N–H and O–H groups in total. The lowest BCUT2D eigenvalue weighted by Crippen LogP contribution is -2.34. The van der Waals surface area contributed by atoms with Gasteiger partial charge in [-0.1, -0.05) is 13.0 Å². The molecule has 126 valence electrons. The number of halogens is 1. The molecule has 1 saturated heterocycles. The Morgan fingerprint density at radius 1 is 1.26 bits per heavy atom. The molecule has 2 atom stereocenters. The van der Waals surface area contributed by atoms with Crippen LogP contribution in [0, 0.1) is 11.8 Å². The molecule has 2 unspecified atom stereocenters. The Morgan fingerprint density at radius 2 is 2.04 bits per heavy atom. The van der Waals surface area contributed by atoms with Crippen LogP contribution in [0.4, 0.5) is 5.69 Å². The van der Waals surface area contributed by atoms with Crippen LogP contribution in [0.5, 0.6) is 0 Å². The highest BCUT2D eigenvalue weighted by molar-refractivity contribution is 5.98. The zero-order chi connectivity index (χ0) is 15.5. The summed E-state index contributed by atoms with van der Waals surface area (Å²) < 4.78 is 0. The van der Waals surface area contributed by atoms with Gasteiger partial charge in [0.2, 0.25) is 5.91 Å². The third-order valence-electron chi connectivity index (χ3n) is 4.45. The van der Waals surface area contributed by atoms with Gasteiger partial charge >= 0.3 is 0 Å². The van der Waals surface area contributed by atoms with Crippen molar-refractivity contribution in [3.8, 4) is 0 Å². The Kier molecular flexibility index (Phi) is 6.02. The SMILES string of the molecule is CC1CC1C(=O)Nc1cccc(C(=O)N2CCCNCC2)c1.Cl. The molecule has 0 radical (unpaired) electrons. The van der Waals surface area contributed by atoms with E-state index in [-0.39, 0.29) is 30.1 Å². The molecule has 0 bridgehead atoms. The second kappa shape index (κ2) is 7.79. The fourth-order valence-corrected chi connectivity index (χ4v) is 2.88. The number of carbonyl (C=O) groups is 2. The molecule has 6 heteroatoms. The summed E-state index contributed by atoms with van der Waals surface area (Å²) in [6.07, 6.45) is 1.94. The lowest BCUT2D eigenvalue weighted by atomic mass is 10.1. The number of rotatable bonds is 3. The van der Waals surface area contributed by atoms with Crippen molar-refractivity contribution in [1.29, 1.82) is 0 Å². The predicted molar refractivity (Wildman–Crippen MR) is 93.0 cm³/mol. The van der Waals surface area contributed by atoms with E-state index in [1.807, 2.05) is 23.1 Å². The first-order valence-corrected chi connectivity index (χ1v) is 8.06. The number of anilines is 1. The Hall–Kier alpha value is -1.59. The van der Waals surface area contributed by atoms with Crippen molar-refractivity contribution in [2.75, 3.05) is 31.5 Å². The van der Waals surface area contributed by atoms with Crippen molar-refractivity contribution >= 4 is 29.9 Å². The molecule has 0 spiro atoms. The lowest BCUT2D eigenvalue weighted by Gasteiger charge is -2.20. The van der Waals surface area contributed by atoms with E-state index in [9.17, 15) is 9.59 Å². The highest BCUT2D eigenvalue weighted by Gasteiger charge is 2.39. The molecule has 3 rings (SSSR count). The summed E-state index contributed by atoms with van der Waals surface area (Å²) in [5, 5.41) is 6.22. The van der Waals surface area contributed by atoms with Crippen LogP contribution in [0.25, 0.3) is 0 Å². The third kappa shape index (κ3) is 4.45. The summed E-state index contributed by atoms with van der Waals surface area (Å²) in [6, 6.07) is 7.27. The molecule has 0 aromatic heterocycles. The van der Waals surface area contributed by atoms with Gasteiger partial charge in [-0.15, -0.1) is 12.4 Å². The zero-order valence-corrected chi connectivity index (χ0v) is 14.2. The average molecular weight is 338 g/mol. The summed E-state index contributed by atoms with van der Waals surface area (Å²) in [5.41, 5.74) is 1.35. The van der Waals surface area contributed by atoms with Crippen LogP contribution in [-0.2, 0) is 4.79 Å². The number of benzene rings is 1. The zero-order valence-electron chi connectivity index (χ0n) is 13.4. The van der Waals surface area contributed by atoms with E-state index < -0.39 is 0 Å². The minimum atomic E-state index is 0. The van der Waals surface area contributed by atoms with Gasteiger partial charge in [0.25, 0.3) is 5.91 Å². The van der Waals surface area contributed by atoms with Crippen molar-refractivity contribution in [1.82, 2.24) is 10.2 Å². The average Bonchev–Trinajstić information content (AvgIpc) is 3.29. The lowest BCUT2D eigenvalue weighted by molar-refractivity contribution is -0.117. The maximum Gasteiger partial charge on any atom is 0.253 e. The van der Waals surface area contributed by atoms with Crippen molar-refractivity contribution in [2.24, 2.45) is 11.8 Å². The van der Waals surface area contributed by atoms with E-state index in [1.54, 1.807) is 6.07 Å². The van der Waals surface area contributed by atoms with Crippen molar-refractivity contribution in [2.45, 2.75) is 19.8 Å². The Balaban J connectivity index is 0.00000192. The second-order valence-electron chi connectivity index (χ2n) is 6.29. The number of hydrogen-bond donors (Lipinski definition) is 2. The molecule has 1 aliphatic carbocycles. The topological polar surface area (TPSA) is 61.4 Å². The van der Waals surface area contributed by atoms with Crippen molar-refractivity contribution < 1.29 is 9.59 Å². The largest absolute Gasteiger partial charge is 0.337 e. The second-order valence-corrected chi connectivity index (χ2v) is 6.29. The summed E-state index contributed by atoms with van der Waals surface area (Å²) >= 11 is 0. The molecule has 1 aliphatic heterocycles. The smallest absolute Gasteiger partial charge is 0.253 e. The number of amides is 2. The molecule has 2 amide bonds. The molecule has 1 heterocycles. The van der Waals surface area contributed by atoms with Crippen molar-refractivity contribution in [3.63, 3.8) is 0 Å². The molecule has 1 aromatic carbocycles. The molecular formula is C17H24ClN3O2. The van der Waals surface area contributed by atoms with E-state index in [0.717, 1.165) is 39.0 Å². The van der Waals surface area contributed by atoms with Gasteiger partial charge in [0.15, 0.2) is 0 Å². The standard InChI is InChI=1S/C17H23N3O2.ClH/c1-12-10-15(12)16(21)19-14-5-2-4-13(11-14)17(22)20-8-3-6-18-7-9-20;/h2,4-5,11-12,15,18H,3,6-10H2,1H3,(H,19,21);1H. The van der Waals surface area contributed by atoms with Crippen LogP contribution >= 0.6 is 12.4 Å². The summed E-state index contributed by atoms with van der Waals surface area (Å²) in [5.74, 6) is 0.723. The van der Waals surface area contributed by atoms with E-state index in [2.05, 4.69) is 17.6 Å². The molecule has 23 heavy (non-hydrogen) atoms. The van der Waals surface area contributed by atoms with Crippen molar-refractivity contribution in [3.05, 3.63) is 29.8 Å². The van der Waals surface area contributed by atoms with Gasteiger partial charge in [-0.3, -0.25) is 9.59 Å². The summed E-state index contributed by atoms with van der Waals surface area (Å²) in [6.45, 7) is 5.38. The molecule has 2 aliphatic rings. The highest BCUT2D eigenvalue weighted by Crippen LogP contribution is 2.38. The summed E-state index contributed by atoms with van der Waals surface area (Å²) in [7, 11) is 0. The maximum absolute atomic E-state index is 12.6. The van der Waals surface area contributed by atoms with Gasteiger partial charge in [0, 0.05) is 36.8 Å². The first kappa shape index (κ1) is 17.8. The first-order valence-electron chi connectivity index (χ1n) is 8.06. The molecule has 5 nitrogen and oxygen atoms in total. The van der Waals surface area contributed by atoms with E-state index in [4.69, 9.17) is 0 Å². The number of nitrogens with zero attached hydrogens (tertiary/aromatic N) is 1. The summed E-state index contributed by atoms with van der Waals surface area (Å²) in [4.78, 5) is 26.5. The van der Waals surface area contributed by atoms with E-state index in [0.29, 0.717) is 17.2 Å². The highest BCUT2D eigenvalue weighted by atomic mass is 35.5. The Bertz CT molecular complexity index is 571. The van der Waals surface area contributed by atoms with Gasteiger partial charge < -0.3 is 15.5 Å². The molecular weight excluding hydrogens is 314 g/mol. The van der Waals surface area contributed by atoms with Gasteiger partial charge in [-0.2, -0.15) is 0 Å². The van der Waals surface area contributed by atoms with Crippen LogP contribution < -0.4 is 10.6 Å². The monoisotopic (exact) mass is 337 g/mol. The first-order chi connectivity index (χ1) is 10.6. The Morgan fingerprint density at radius 3 is 2.78 bits per heavy atom. The van der Waals surface area contributed by atoms with Gasteiger partial charge in [-0.05, 0) is 43.5 Å². The number of nitrogens with one attached hydrogen (secondary N) is 2. The minimum Gasteiger partial charge on any atom is -0.337 e.